The lowest BCUT2D eigenvalue weighted by Crippen LogP contribution is -2.35. The van der Waals surface area contributed by atoms with Crippen LogP contribution in [0.4, 0.5) is 0 Å². The molecular formula is C22H29N5O6. The second kappa shape index (κ2) is 11.0. The van der Waals surface area contributed by atoms with Crippen molar-refractivity contribution in [2.75, 3.05) is 33.4 Å². The number of hydrogen-bond donors (Lipinski definition) is 2. The molecular weight excluding hydrogens is 430 g/mol. The third kappa shape index (κ3) is 5.93. The lowest BCUT2D eigenvalue weighted by Gasteiger charge is -2.29. The minimum absolute atomic E-state index is 0.266. The number of fused-ring (bicyclic) bond motifs is 1. The first-order valence-electron chi connectivity index (χ1n) is 10.8. The summed E-state index contributed by atoms with van der Waals surface area (Å²) in [6.07, 6.45) is 2.07. The number of benzene rings is 1. The summed E-state index contributed by atoms with van der Waals surface area (Å²) in [5, 5.41) is 29.3. The van der Waals surface area contributed by atoms with Crippen molar-refractivity contribution in [3.63, 3.8) is 0 Å². The standard InChI is InChI=1S/C20H27N5O2.C2H2O4/c1-14(2)25-17-7-5-4-6-16(17)18(23-25)20-22-21-19(27-20)15-8-10-24(11-9-15)12-13-26-3;3-1(4)2(5)6/h4-7,14-15H,8-13H2,1-3H3;(H,3,4)(H,5,6). The number of aromatic nitrogens is 4. The van der Waals surface area contributed by atoms with Gasteiger partial charge in [0.2, 0.25) is 5.89 Å². The zero-order valence-electron chi connectivity index (χ0n) is 19.0. The highest BCUT2D eigenvalue weighted by atomic mass is 16.5. The van der Waals surface area contributed by atoms with E-state index in [9.17, 15) is 0 Å². The Hall–Kier alpha value is -3.31. The molecule has 11 nitrogen and oxygen atoms in total. The number of aliphatic carboxylic acids is 2. The molecule has 3 heterocycles. The fourth-order valence-electron chi connectivity index (χ4n) is 3.76. The molecule has 0 unspecified atom stereocenters. The molecule has 0 saturated carbocycles. The molecule has 0 spiro atoms. The number of carboxylic acid groups (broad SMARTS) is 2. The fraction of sp³-hybridized carbons (Fsp3) is 0.500. The van der Waals surface area contributed by atoms with E-state index in [0.717, 1.165) is 61.6 Å². The van der Waals surface area contributed by atoms with Gasteiger partial charge in [0.05, 0.1) is 12.1 Å². The van der Waals surface area contributed by atoms with Crippen LogP contribution in [0.25, 0.3) is 22.5 Å². The molecule has 178 valence electrons. The van der Waals surface area contributed by atoms with E-state index in [1.54, 1.807) is 7.11 Å². The molecule has 11 heteroatoms. The SMILES string of the molecule is COCCN1CCC(c2nnc(-c3nn(C(C)C)c4ccccc34)o2)CC1.O=C(O)C(=O)O. The predicted octanol–water partition coefficient (Wildman–Crippen LogP) is 2.65. The summed E-state index contributed by atoms with van der Waals surface area (Å²) in [5.74, 6) is -2.07. The van der Waals surface area contributed by atoms with Gasteiger partial charge in [0, 0.05) is 31.0 Å². The molecule has 4 rings (SSSR count). The van der Waals surface area contributed by atoms with Gasteiger partial charge >= 0.3 is 11.9 Å². The van der Waals surface area contributed by atoms with E-state index in [-0.39, 0.29) is 6.04 Å². The Balaban J connectivity index is 0.000000454. The number of nitrogens with zero attached hydrogens (tertiary/aromatic N) is 5. The van der Waals surface area contributed by atoms with E-state index >= 15 is 0 Å². The molecule has 33 heavy (non-hydrogen) atoms. The summed E-state index contributed by atoms with van der Waals surface area (Å²) in [4.78, 5) is 20.6. The van der Waals surface area contributed by atoms with E-state index < -0.39 is 11.9 Å². The van der Waals surface area contributed by atoms with Crippen LogP contribution in [0, 0.1) is 0 Å². The molecule has 0 radical (unpaired) electrons. The Morgan fingerprint density at radius 3 is 2.42 bits per heavy atom. The number of hydrogen-bond acceptors (Lipinski definition) is 8. The van der Waals surface area contributed by atoms with Gasteiger partial charge in [-0.2, -0.15) is 5.10 Å². The van der Waals surface area contributed by atoms with Gasteiger partial charge in [-0.1, -0.05) is 18.2 Å². The highest BCUT2D eigenvalue weighted by Gasteiger charge is 2.26. The number of carbonyl (C=O) groups is 2. The highest BCUT2D eigenvalue weighted by Crippen LogP contribution is 2.32. The topological polar surface area (TPSA) is 144 Å². The smallest absolute Gasteiger partial charge is 0.414 e. The molecule has 0 atom stereocenters. The zero-order chi connectivity index (χ0) is 24.0. The molecule has 0 aliphatic carbocycles. The Kier molecular flexibility index (Phi) is 8.12. The van der Waals surface area contributed by atoms with Crippen molar-refractivity contribution in [3.8, 4) is 11.6 Å². The second-order valence-electron chi connectivity index (χ2n) is 8.07. The van der Waals surface area contributed by atoms with Crippen LogP contribution < -0.4 is 0 Å². The number of piperidine rings is 1. The number of rotatable bonds is 6. The van der Waals surface area contributed by atoms with Crippen molar-refractivity contribution in [1.82, 2.24) is 24.9 Å². The first kappa shape index (κ1) is 24.3. The van der Waals surface area contributed by atoms with Crippen LogP contribution in [0.3, 0.4) is 0 Å². The third-order valence-corrected chi connectivity index (χ3v) is 5.48. The van der Waals surface area contributed by atoms with Gasteiger partial charge < -0.3 is 24.3 Å². The van der Waals surface area contributed by atoms with Gasteiger partial charge in [-0.05, 0) is 45.8 Å². The van der Waals surface area contributed by atoms with Crippen molar-refractivity contribution in [2.45, 2.75) is 38.6 Å². The monoisotopic (exact) mass is 459 g/mol. The third-order valence-electron chi connectivity index (χ3n) is 5.48. The zero-order valence-corrected chi connectivity index (χ0v) is 19.0. The van der Waals surface area contributed by atoms with Gasteiger partial charge in [0.25, 0.3) is 5.89 Å². The Morgan fingerprint density at radius 2 is 1.82 bits per heavy atom. The van der Waals surface area contributed by atoms with E-state index in [1.165, 1.54) is 0 Å². The first-order valence-corrected chi connectivity index (χ1v) is 10.8. The van der Waals surface area contributed by atoms with Crippen LogP contribution in [0.2, 0.25) is 0 Å². The number of para-hydroxylation sites is 1. The molecule has 1 fully saturated rings. The van der Waals surface area contributed by atoms with Crippen LogP contribution in [0.5, 0.6) is 0 Å². The minimum Gasteiger partial charge on any atom is -0.473 e. The van der Waals surface area contributed by atoms with E-state index in [0.29, 0.717) is 11.8 Å². The first-order chi connectivity index (χ1) is 15.8. The maximum absolute atomic E-state index is 9.10. The molecule has 0 amide bonds. The summed E-state index contributed by atoms with van der Waals surface area (Å²) in [6, 6.07) is 8.46. The van der Waals surface area contributed by atoms with E-state index in [4.69, 9.17) is 34.1 Å². The Bertz CT molecular complexity index is 1070. The highest BCUT2D eigenvalue weighted by molar-refractivity contribution is 6.27. The maximum atomic E-state index is 9.10. The Morgan fingerprint density at radius 1 is 1.15 bits per heavy atom. The van der Waals surface area contributed by atoms with Crippen LogP contribution in [-0.4, -0.2) is 80.4 Å². The van der Waals surface area contributed by atoms with Gasteiger partial charge in [0.15, 0.2) is 5.69 Å². The van der Waals surface area contributed by atoms with Gasteiger partial charge in [-0.15, -0.1) is 10.2 Å². The van der Waals surface area contributed by atoms with Crippen molar-refractivity contribution < 1.29 is 29.0 Å². The fourth-order valence-corrected chi connectivity index (χ4v) is 3.76. The summed E-state index contributed by atoms with van der Waals surface area (Å²) >= 11 is 0. The lowest BCUT2D eigenvalue weighted by molar-refractivity contribution is -0.159. The van der Waals surface area contributed by atoms with Crippen molar-refractivity contribution in [1.29, 1.82) is 0 Å². The van der Waals surface area contributed by atoms with E-state index in [1.807, 2.05) is 16.8 Å². The quantitative estimate of drug-likeness (QED) is 0.528. The molecule has 1 aliphatic heterocycles. The lowest BCUT2D eigenvalue weighted by atomic mass is 9.97. The summed E-state index contributed by atoms with van der Waals surface area (Å²) in [7, 11) is 1.75. The average molecular weight is 460 g/mol. The number of carboxylic acids is 2. The summed E-state index contributed by atoms with van der Waals surface area (Å²) in [5.41, 5.74) is 1.87. The van der Waals surface area contributed by atoms with Crippen LogP contribution in [0.15, 0.2) is 28.7 Å². The largest absolute Gasteiger partial charge is 0.473 e. The van der Waals surface area contributed by atoms with E-state index in [2.05, 4.69) is 41.1 Å². The average Bonchev–Trinajstić information content (AvgIpc) is 3.43. The number of ether oxygens (including phenoxy) is 1. The maximum Gasteiger partial charge on any atom is 0.414 e. The molecule has 0 bridgehead atoms. The molecule has 1 aliphatic rings. The van der Waals surface area contributed by atoms with Crippen molar-refractivity contribution >= 4 is 22.8 Å². The van der Waals surface area contributed by atoms with Crippen LogP contribution in [0.1, 0.15) is 44.5 Å². The normalized spacial score (nSPS) is 14.9. The molecule has 2 aromatic heterocycles. The minimum atomic E-state index is -1.82. The molecule has 1 aromatic carbocycles. The number of likely N-dealkylation sites (tertiary alicyclic amines) is 1. The summed E-state index contributed by atoms with van der Waals surface area (Å²) in [6.45, 7) is 8.09. The predicted molar refractivity (Wildman–Crippen MR) is 119 cm³/mol. The molecule has 1 saturated heterocycles. The summed E-state index contributed by atoms with van der Waals surface area (Å²) < 4.78 is 13.3. The van der Waals surface area contributed by atoms with Gasteiger partial charge in [-0.3, -0.25) is 4.68 Å². The second-order valence-corrected chi connectivity index (χ2v) is 8.07. The van der Waals surface area contributed by atoms with Crippen LogP contribution >= 0.6 is 0 Å². The van der Waals surface area contributed by atoms with Gasteiger partial charge in [-0.25, -0.2) is 9.59 Å². The van der Waals surface area contributed by atoms with Crippen molar-refractivity contribution in [2.24, 2.45) is 0 Å². The van der Waals surface area contributed by atoms with Gasteiger partial charge in [0.1, 0.15) is 0 Å². The van der Waals surface area contributed by atoms with Crippen LogP contribution in [-0.2, 0) is 14.3 Å². The van der Waals surface area contributed by atoms with Crippen molar-refractivity contribution in [3.05, 3.63) is 30.2 Å². The number of methoxy groups -OCH3 is 1. The molecule has 2 N–H and O–H groups in total. The molecule has 3 aromatic rings. The Labute approximate surface area is 191 Å².